The van der Waals surface area contributed by atoms with Crippen molar-refractivity contribution in [2.75, 3.05) is 6.54 Å². The second-order valence-electron chi connectivity index (χ2n) is 5.06. The number of carbonyl (C=O) groups excluding carboxylic acids is 1. The molecule has 0 aliphatic heterocycles. The molecular weight excluding hydrogens is 280 g/mol. The Morgan fingerprint density at radius 1 is 1.45 bits per heavy atom. The van der Waals surface area contributed by atoms with Gasteiger partial charge in [-0.15, -0.1) is 11.3 Å². The number of nitrogens with one attached hydrogen (secondary N) is 1. The highest BCUT2D eigenvalue weighted by molar-refractivity contribution is 7.14. The van der Waals surface area contributed by atoms with E-state index in [2.05, 4.69) is 10.3 Å². The molecule has 1 aromatic rings. The van der Waals surface area contributed by atoms with E-state index >= 15 is 0 Å². The lowest BCUT2D eigenvalue weighted by atomic mass is 10.2. The molecule has 0 spiro atoms. The Hall–Kier alpha value is -1.89. The number of hydrogen-bond acceptors (Lipinski definition) is 5. The molecule has 7 heteroatoms. The van der Waals surface area contributed by atoms with Crippen LogP contribution in [0.3, 0.4) is 0 Å². The molecule has 0 unspecified atom stereocenters. The molecule has 1 amide bonds. The Morgan fingerprint density at radius 3 is 2.60 bits per heavy atom. The van der Waals surface area contributed by atoms with Crippen LogP contribution >= 0.6 is 11.3 Å². The summed E-state index contributed by atoms with van der Waals surface area (Å²) in [6, 6.07) is 0. The van der Waals surface area contributed by atoms with E-state index in [0.717, 1.165) is 11.3 Å². The number of carbonyl (C=O) groups is 2. The molecule has 0 fully saturated rings. The fourth-order valence-electron chi connectivity index (χ4n) is 1.30. The lowest BCUT2D eigenvalue weighted by molar-refractivity contribution is 0.0533. The van der Waals surface area contributed by atoms with Gasteiger partial charge in [-0.2, -0.15) is 0 Å². The smallest absolute Gasteiger partial charge is 0.407 e. The van der Waals surface area contributed by atoms with E-state index in [9.17, 15) is 9.59 Å². The number of carboxylic acid groups (broad SMARTS) is 1. The zero-order valence-corrected chi connectivity index (χ0v) is 12.7. The van der Waals surface area contributed by atoms with E-state index in [4.69, 9.17) is 9.84 Å². The maximum Gasteiger partial charge on any atom is 0.407 e. The van der Waals surface area contributed by atoms with Crippen LogP contribution in [-0.4, -0.2) is 34.3 Å². The lowest BCUT2D eigenvalue weighted by Crippen LogP contribution is -2.32. The van der Waals surface area contributed by atoms with Crippen LogP contribution < -0.4 is 5.32 Å². The molecule has 20 heavy (non-hydrogen) atoms. The first-order valence-electron chi connectivity index (χ1n) is 6.03. The molecule has 0 saturated carbocycles. The minimum atomic E-state index is -0.980. The molecule has 1 heterocycles. The summed E-state index contributed by atoms with van der Waals surface area (Å²) in [7, 11) is 0. The maximum absolute atomic E-state index is 11.4. The molecule has 0 atom stereocenters. The summed E-state index contributed by atoms with van der Waals surface area (Å²) in [5.41, 5.74) is -0.0429. The Labute approximate surface area is 121 Å². The van der Waals surface area contributed by atoms with Crippen LogP contribution in [0.4, 0.5) is 4.79 Å². The number of aromatic nitrogens is 1. The topological polar surface area (TPSA) is 88.5 Å². The number of ether oxygens (including phenoxy) is 1. The SMILES string of the molecule is Cc1nc(C=CCNC(=O)OC(C)(C)C)sc1C(=O)O. The molecule has 0 saturated heterocycles. The van der Waals surface area contributed by atoms with E-state index in [1.807, 2.05) is 0 Å². The third kappa shape index (κ3) is 5.40. The van der Waals surface area contributed by atoms with Crippen LogP contribution in [-0.2, 0) is 4.74 Å². The molecule has 6 nitrogen and oxygen atoms in total. The highest BCUT2D eigenvalue weighted by Crippen LogP contribution is 2.18. The van der Waals surface area contributed by atoms with E-state index in [1.165, 1.54) is 0 Å². The van der Waals surface area contributed by atoms with Gasteiger partial charge in [0.2, 0.25) is 0 Å². The lowest BCUT2D eigenvalue weighted by Gasteiger charge is -2.19. The van der Waals surface area contributed by atoms with Crippen LogP contribution in [0, 0.1) is 6.92 Å². The third-order valence-corrected chi connectivity index (χ3v) is 3.14. The van der Waals surface area contributed by atoms with Gasteiger partial charge in [0.25, 0.3) is 0 Å². The molecule has 0 bridgehead atoms. The zero-order valence-electron chi connectivity index (χ0n) is 11.9. The van der Waals surface area contributed by atoms with Gasteiger partial charge < -0.3 is 15.2 Å². The maximum atomic E-state index is 11.4. The van der Waals surface area contributed by atoms with Crippen molar-refractivity contribution in [1.29, 1.82) is 0 Å². The Kier molecular flexibility index (Phi) is 5.26. The van der Waals surface area contributed by atoms with E-state index in [0.29, 0.717) is 10.7 Å². The van der Waals surface area contributed by atoms with Crippen molar-refractivity contribution in [1.82, 2.24) is 10.3 Å². The number of aromatic carboxylic acids is 1. The highest BCUT2D eigenvalue weighted by atomic mass is 32.1. The molecule has 0 aliphatic rings. The quantitative estimate of drug-likeness (QED) is 0.892. The summed E-state index contributed by atoms with van der Waals surface area (Å²) < 4.78 is 5.07. The summed E-state index contributed by atoms with van der Waals surface area (Å²) in [6.45, 7) is 7.29. The summed E-state index contributed by atoms with van der Waals surface area (Å²) >= 11 is 1.10. The van der Waals surface area contributed by atoms with Crippen molar-refractivity contribution < 1.29 is 19.4 Å². The summed E-state index contributed by atoms with van der Waals surface area (Å²) in [5.74, 6) is -0.980. The second-order valence-corrected chi connectivity index (χ2v) is 6.09. The van der Waals surface area contributed by atoms with Crippen molar-refractivity contribution in [3.8, 4) is 0 Å². The van der Waals surface area contributed by atoms with Gasteiger partial charge >= 0.3 is 12.1 Å². The van der Waals surface area contributed by atoms with Gasteiger partial charge in [0.15, 0.2) is 0 Å². The standard InChI is InChI=1S/C13H18N2O4S/c1-8-10(11(16)17)20-9(15-8)6-5-7-14-12(18)19-13(2,3)4/h5-6H,7H2,1-4H3,(H,14,18)(H,16,17). The summed E-state index contributed by atoms with van der Waals surface area (Å²) in [6.07, 6.45) is 2.86. The van der Waals surface area contributed by atoms with E-state index < -0.39 is 17.7 Å². The molecule has 0 aliphatic carbocycles. The molecule has 2 N–H and O–H groups in total. The summed E-state index contributed by atoms with van der Waals surface area (Å²) in [4.78, 5) is 26.6. The van der Waals surface area contributed by atoms with Crippen molar-refractivity contribution in [2.45, 2.75) is 33.3 Å². The van der Waals surface area contributed by atoms with Crippen molar-refractivity contribution in [3.05, 3.63) is 21.7 Å². The Bertz CT molecular complexity index is 529. The van der Waals surface area contributed by atoms with Crippen molar-refractivity contribution >= 4 is 29.5 Å². The first-order chi connectivity index (χ1) is 9.19. The number of amides is 1. The Morgan fingerprint density at radius 2 is 2.10 bits per heavy atom. The van der Waals surface area contributed by atoms with Crippen LogP contribution in [0.25, 0.3) is 6.08 Å². The normalized spacial score (nSPS) is 11.6. The highest BCUT2D eigenvalue weighted by Gasteiger charge is 2.15. The van der Waals surface area contributed by atoms with Gasteiger partial charge in [0.05, 0.1) is 5.69 Å². The number of thiazole rings is 1. The van der Waals surface area contributed by atoms with Gasteiger partial charge in [0.1, 0.15) is 15.5 Å². The third-order valence-electron chi connectivity index (χ3n) is 2.03. The molecule has 1 aromatic heterocycles. The first kappa shape index (κ1) is 16.2. The predicted molar refractivity (Wildman–Crippen MR) is 77.1 cm³/mol. The summed E-state index contributed by atoms with van der Waals surface area (Å²) in [5, 5.41) is 12.1. The van der Waals surface area contributed by atoms with Gasteiger partial charge in [0, 0.05) is 6.54 Å². The number of hydrogen-bond donors (Lipinski definition) is 2. The van der Waals surface area contributed by atoms with Gasteiger partial charge in [-0.3, -0.25) is 0 Å². The van der Waals surface area contributed by atoms with Crippen LogP contribution in [0.15, 0.2) is 6.08 Å². The molecule has 0 aromatic carbocycles. The molecule has 110 valence electrons. The Balaban J connectivity index is 2.48. The van der Waals surface area contributed by atoms with Gasteiger partial charge in [-0.1, -0.05) is 6.08 Å². The zero-order chi connectivity index (χ0) is 15.3. The number of carboxylic acids is 1. The van der Waals surface area contributed by atoms with E-state index in [-0.39, 0.29) is 11.4 Å². The van der Waals surface area contributed by atoms with Crippen molar-refractivity contribution in [3.63, 3.8) is 0 Å². The second kappa shape index (κ2) is 6.51. The predicted octanol–water partition coefficient (Wildman–Crippen LogP) is 2.69. The minimum Gasteiger partial charge on any atom is -0.477 e. The van der Waals surface area contributed by atoms with Crippen LogP contribution in [0.1, 0.15) is 41.1 Å². The average molecular weight is 298 g/mol. The fraction of sp³-hybridized carbons (Fsp3) is 0.462. The largest absolute Gasteiger partial charge is 0.477 e. The number of rotatable bonds is 4. The number of aryl methyl sites for hydroxylation is 1. The first-order valence-corrected chi connectivity index (χ1v) is 6.85. The van der Waals surface area contributed by atoms with E-state index in [1.54, 1.807) is 39.8 Å². The van der Waals surface area contributed by atoms with Crippen molar-refractivity contribution in [2.24, 2.45) is 0 Å². The molecule has 1 rings (SSSR count). The molecular formula is C13H18N2O4S. The molecule has 0 radical (unpaired) electrons. The number of alkyl carbamates (subject to hydrolysis) is 1. The number of nitrogens with zero attached hydrogens (tertiary/aromatic N) is 1. The van der Waals surface area contributed by atoms with Crippen LogP contribution in [0.2, 0.25) is 0 Å². The fourth-order valence-corrected chi connectivity index (χ4v) is 2.14. The minimum absolute atomic E-state index is 0.227. The van der Waals surface area contributed by atoms with Crippen LogP contribution in [0.5, 0.6) is 0 Å². The van der Waals surface area contributed by atoms with Gasteiger partial charge in [-0.25, -0.2) is 14.6 Å². The monoisotopic (exact) mass is 298 g/mol. The van der Waals surface area contributed by atoms with Gasteiger partial charge in [-0.05, 0) is 33.8 Å². The average Bonchev–Trinajstić information content (AvgIpc) is 2.64.